The summed E-state index contributed by atoms with van der Waals surface area (Å²) in [5, 5.41) is 0. The predicted molar refractivity (Wildman–Crippen MR) is 92.1 cm³/mol. The Balaban J connectivity index is 2.33. The summed E-state index contributed by atoms with van der Waals surface area (Å²) in [6, 6.07) is 8.44. The highest BCUT2D eigenvalue weighted by atomic mass is 19.1. The van der Waals surface area contributed by atoms with Crippen LogP contribution in [0, 0.1) is 11.6 Å². The van der Waals surface area contributed by atoms with Gasteiger partial charge in [-0.05, 0) is 47.6 Å². The van der Waals surface area contributed by atoms with Crippen LogP contribution in [-0.2, 0) is 6.42 Å². The van der Waals surface area contributed by atoms with Crippen molar-refractivity contribution >= 4 is 0 Å². The summed E-state index contributed by atoms with van der Waals surface area (Å²) in [4.78, 5) is 0. The number of rotatable bonds is 6. The fraction of sp³-hybridized carbons (Fsp3) is 0.400. The number of methoxy groups -OCH3 is 2. The molecular weight excluding hydrogens is 310 g/mol. The van der Waals surface area contributed by atoms with Gasteiger partial charge in [-0.1, -0.05) is 32.9 Å². The molecule has 2 aromatic rings. The summed E-state index contributed by atoms with van der Waals surface area (Å²) in [7, 11) is 2.98. The lowest BCUT2D eigenvalue weighted by molar-refractivity contribution is 0.382. The smallest absolute Gasteiger partial charge is 0.168 e. The third-order valence-corrected chi connectivity index (χ3v) is 4.23. The van der Waals surface area contributed by atoms with Crippen molar-refractivity contribution in [3.63, 3.8) is 0 Å². The Labute approximate surface area is 142 Å². The van der Waals surface area contributed by atoms with Gasteiger partial charge in [0.2, 0.25) is 0 Å². The highest BCUT2D eigenvalue weighted by molar-refractivity contribution is 5.42. The summed E-state index contributed by atoms with van der Waals surface area (Å²) in [6.07, 6.45) is 0.510. The first kappa shape index (κ1) is 18.2. The average molecular weight is 334 g/mol. The van der Waals surface area contributed by atoms with E-state index >= 15 is 0 Å². The monoisotopic (exact) mass is 334 g/mol. The van der Waals surface area contributed by atoms with E-state index in [-0.39, 0.29) is 29.2 Å². The van der Waals surface area contributed by atoms with E-state index in [4.69, 9.17) is 9.47 Å². The second-order valence-corrected chi connectivity index (χ2v) is 6.32. The molecule has 0 heterocycles. The minimum Gasteiger partial charge on any atom is -0.496 e. The summed E-state index contributed by atoms with van der Waals surface area (Å²) >= 11 is 0. The van der Waals surface area contributed by atoms with Crippen LogP contribution in [0.3, 0.4) is 0 Å². The van der Waals surface area contributed by atoms with Gasteiger partial charge in [-0.25, -0.2) is 8.78 Å². The maximum absolute atomic E-state index is 14.4. The van der Waals surface area contributed by atoms with Crippen LogP contribution in [0.15, 0.2) is 30.3 Å². The Morgan fingerprint density at radius 3 is 2.21 bits per heavy atom. The zero-order valence-corrected chi connectivity index (χ0v) is 14.8. The van der Waals surface area contributed by atoms with E-state index in [1.54, 1.807) is 18.2 Å². The van der Waals surface area contributed by atoms with Gasteiger partial charge in [0.25, 0.3) is 0 Å². The van der Waals surface area contributed by atoms with Crippen molar-refractivity contribution in [3.8, 4) is 11.5 Å². The first-order valence-corrected chi connectivity index (χ1v) is 8.07. The molecule has 2 nitrogen and oxygen atoms in total. The van der Waals surface area contributed by atoms with E-state index in [0.717, 1.165) is 5.56 Å². The van der Waals surface area contributed by atoms with Gasteiger partial charge in [0.05, 0.1) is 14.2 Å². The highest BCUT2D eigenvalue weighted by Gasteiger charge is 2.19. The minimum atomic E-state index is -0.362. The summed E-state index contributed by atoms with van der Waals surface area (Å²) < 4.78 is 39.2. The van der Waals surface area contributed by atoms with Crippen LogP contribution in [0.5, 0.6) is 11.5 Å². The number of hydrogen-bond donors (Lipinski definition) is 0. The second kappa shape index (κ2) is 7.65. The molecule has 0 bridgehead atoms. The fourth-order valence-corrected chi connectivity index (χ4v) is 3.02. The van der Waals surface area contributed by atoms with Crippen LogP contribution < -0.4 is 9.47 Å². The fourth-order valence-electron chi connectivity index (χ4n) is 3.02. The maximum Gasteiger partial charge on any atom is 0.168 e. The highest BCUT2D eigenvalue weighted by Crippen LogP contribution is 2.33. The van der Waals surface area contributed by atoms with Crippen molar-refractivity contribution in [1.82, 2.24) is 0 Å². The summed E-state index contributed by atoms with van der Waals surface area (Å²) in [5.74, 6) is 0.0318. The van der Waals surface area contributed by atoms with Crippen LogP contribution in [0.2, 0.25) is 0 Å². The van der Waals surface area contributed by atoms with E-state index in [1.165, 1.54) is 20.3 Å². The molecule has 130 valence electrons. The van der Waals surface area contributed by atoms with Crippen LogP contribution in [0.1, 0.15) is 49.3 Å². The molecule has 0 N–H and O–H groups in total. The van der Waals surface area contributed by atoms with Crippen LogP contribution in [0.25, 0.3) is 0 Å². The lowest BCUT2D eigenvalue weighted by Crippen LogP contribution is -2.05. The number of benzene rings is 2. The summed E-state index contributed by atoms with van der Waals surface area (Å²) in [6.45, 7) is 5.77. The molecule has 0 aliphatic heterocycles. The van der Waals surface area contributed by atoms with Gasteiger partial charge in [-0.2, -0.15) is 0 Å². The molecule has 2 aromatic carbocycles. The maximum atomic E-state index is 14.4. The largest absolute Gasteiger partial charge is 0.496 e. The van der Waals surface area contributed by atoms with Gasteiger partial charge < -0.3 is 9.47 Å². The molecule has 0 unspecified atom stereocenters. The molecule has 0 fully saturated rings. The molecule has 24 heavy (non-hydrogen) atoms. The number of ether oxygens (including phenoxy) is 2. The second-order valence-electron chi connectivity index (χ2n) is 6.32. The standard InChI is InChI=1S/C20H24F2O2/c1-12(2)19-16(21)10-14(11-18(19)24-5)9-13(3)15-7-6-8-17(23-4)20(15)22/h6-8,10-13H,9H2,1-5H3/t13-/m1/s1. The number of halogens is 2. The van der Waals surface area contributed by atoms with Gasteiger partial charge in [-0.15, -0.1) is 0 Å². The normalized spacial score (nSPS) is 12.3. The molecule has 4 heteroatoms. The van der Waals surface area contributed by atoms with E-state index in [1.807, 2.05) is 26.8 Å². The van der Waals surface area contributed by atoms with Crippen molar-refractivity contribution in [2.75, 3.05) is 14.2 Å². The average Bonchev–Trinajstić information content (AvgIpc) is 2.53. The molecule has 0 aromatic heterocycles. The quantitative estimate of drug-likeness (QED) is 0.699. The number of hydrogen-bond acceptors (Lipinski definition) is 2. The molecular formula is C20H24F2O2. The van der Waals surface area contributed by atoms with Gasteiger partial charge >= 0.3 is 0 Å². The summed E-state index contributed by atoms with van der Waals surface area (Å²) in [5.41, 5.74) is 1.91. The molecule has 2 rings (SSSR count). The molecule has 0 saturated heterocycles. The molecule has 0 aliphatic rings. The first-order valence-electron chi connectivity index (χ1n) is 8.07. The first-order chi connectivity index (χ1) is 11.4. The zero-order chi connectivity index (χ0) is 17.9. The third kappa shape index (κ3) is 3.69. The van der Waals surface area contributed by atoms with E-state index in [0.29, 0.717) is 23.3 Å². The minimum absolute atomic E-state index is 0.0299. The topological polar surface area (TPSA) is 18.5 Å². The van der Waals surface area contributed by atoms with Gasteiger partial charge in [0, 0.05) is 5.56 Å². The van der Waals surface area contributed by atoms with E-state index in [9.17, 15) is 8.78 Å². The molecule has 0 aliphatic carbocycles. The Hall–Kier alpha value is -2.10. The van der Waals surface area contributed by atoms with Gasteiger partial charge in [0.15, 0.2) is 11.6 Å². The molecule has 0 saturated carbocycles. The predicted octanol–water partition coefficient (Wildman–Crippen LogP) is 5.45. The van der Waals surface area contributed by atoms with Gasteiger partial charge in [0.1, 0.15) is 11.6 Å². The van der Waals surface area contributed by atoms with Crippen LogP contribution in [-0.4, -0.2) is 14.2 Å². The Morgan fingerprint density at radius 1 is 0.958 bits per heavy atom. The zero-order valence-electron chi connectivity index (χ0n) is 14.8. The van der Waals surface area contributed by atoms with E-state index < -0.39 is 0 Å². The Kier molecular flexibility index (Phi) is 5.81. The SMILES string of the molecule is COc1cccc([C@H](C)Cc2cc(F)c(C(C)C)c(OC)c2)c1F. The van der Waals surface area contributed by atoms with Crippen molar-refractivity contribution in [3.05, 3.63) is 58.7 Å². The third-order valence-electron chi connectivity index (χ3n) is 4.23. The Morgan fingerprint density at radius 2 is 1.62 bits per heavy atom. The molecule has 0 spiro atoms. The molecule has 0 amide bonds. The van der Waals surface area contributed by atoms with Crippen molar-refractivity contribution in [1.29, 1.82) is 0 Å². The van der Waals surface area contributed by atoms with E-state index in [2.05, 4.69) is 0 Å². The lowest BCUT2D eigenvalue weighted by atomic mass is 9.91. The van der Waals surface area contributed by atoms with Gasteiger partial charge in [-0.3, -0.25) is 0 Å². The van der Waals surface area contributed by atoms with Crippen molar-refractivity contribution in [2.24, 2.45) is 0 Å². The van der Waals surface area contributed by atoms with Crippen LogP contribution in [0.4, 0.5) is 8.78 Å². The Bertz CT molecular complexity index is 711. The molecule has 0 radical (unpaired) electrons. The van der Waals surface area contributed by atoms with Crippen molar-refractivity contribution < 1.29 is 18.3 Å². The molecule has 1 atom stereocenters. The lowest BCUT2D eigenvalue weighted by Gasteiger charge is -2.18. The van der Waals surface area contributed by atoms with Crippen molar-refractivity contribution in [2.45, 2.75) is 39.0 Å². The van der Waals surface area contributed by atoms with Crippen LogP contribution >= 0.6 is 0 Å².